The summed E-state index contributed by atoms with van der Waals surface area (Å²) in [5, 5.41) is 10.8. The lowest BCUT2D eigenvalue weighted by Crippen LogP contribution is -2.49. The number of β-amino-alcohol motifs (C(OH)–C–C–N with tert-alkyl or cyclic N) is 1. The molecule has 1 amide bonds. The Morgan fingerprint density at radius 2 is 2.17 bits per heavy atom. The van der Waals surface area contributed by atoms with E-state index in [-0.39, 0.29) is 5.91 Å². The Labute approximate surface area is 143 Å². The van der Waals surface area contributed by atoms with Crippen molar-refractivity contribution in [3.8, 4) is 0 Å². The summed E-state index contributed by atoms with van der Waals surface area (Å²) in [5.41, 5.74) is -0.781. The summed E-state index contributed by atoms with van der Waals surface area (Å²) in [5.74, 6) is 1.12. The third-order valence-corrected chi connectivity index (χ3v) is 4.99. The Morgan fingerprint density at radius 1 is 1.38 bits per heavy atom. The van der Waals surface area contributed by atoms with Crippen molar-refractivity contribution in [1.82, 2.24) is 19.4 Å². The molecule has 0 aromatic carbocycles. The normalized spacial score (nSPS) is 25.3. The summed E-state index contributed by atoms with van der Waals surface area (Å²) < 4.78 is 7.38. The largest absolute Gasteiger partial charge is 0.387 e. The minimum atomic E-state index is -0.781. The first-order chi connectivity index (χ1) is 11.6. The van der Waals surface area contributed by atoms with Crippen LogP contribution >= 0.6 is 0 Å². The quantitative estimate of drug-likeness (QED) is 0.800. The van der Waals surface area contributed by atoms with Crippen LogP contribution in [-0.2, 0) is 22.5 Å². The zero-order chi connectivity index (χ0) is 17.0. The maximum absolute atomic E-state index is 12.5. The number of imidazole rings is 1. The van der Waals surface area contributed by atoms with E-state index in [1.54, 1.807) is 6.20 Å². The van der Waals surface area contributed by atoms with E-state index in [0.29, 0.717) is 39.0 Å². The first-order valence-corrected chi connectivity index (χ1v) is 8.90. The minimum Gasteiger partial charge on any atom is -0.387 e. The standard InChI is InChI=1S/C17H28N4O3/c1-2-15-18-5-8-20(15)6-3-16(22)21-7-4-17(23,14-21)13-19-9-11-24-12-10-19/h5,8,23H,2-4,6-7,9-14H2,1H3/t17-/m0/s1. The lowest BCUT2D eigenvalue weighted by atomic mass is 10.0. The lowest BCUT2D eigenvalue weighted by molar-refractivity contribution is -0.131. The second-order valence-corrected chi connectivity index (χ2v) is 6.82. The van der Waals surface area contributed by atoms with Crippen LogP contribution in [0.1, 0.15) is 25.6 Å². The van der Waals surface area contributed by atoms with E-state index >= 15 is 0 Å². The van der Waals surface area contributed by atoms with Gasteiger partial charge in [0.2, 0.25) is 5.91 Å². The monoisotopic (exact) mass is 336 g/mol. The van der Waals surface area contributed by atoms with Crippen LogP contribution in [0, 0.1) is 0 Å². The molecule has 0 aliphatic carbocycles. The highest BCUT2D eigenvalue weighted by Gasteiger charge is 2.39. The summed E-state index contributed by atoms with van der Waals surface area (Å²) in [6.45, 7) is 7.59. The molecular weight excluding hydrogens is 308 g/mol. The molecule has 0 unspecified atom stereocenters. The molecule has 1 N–H and O–H groups in total. The first-order valence-electron chi connectivity index (χ1n) is 8.90. The van der Waals surface area contributed by atoms with Gasteiger partial charge in [-0.2, -0.15) is 0 Å². The smallest absolute Gasteiger partial charge is 0.224 e. The zero-order valence-electron chi connectivity index (χ0n) is 14.5. The maximum Gasteiger partial charge on any atom is 0.224 e. The van der Waals surface area contributed by atoms with Gasteiger partial charge in [0.15, 0.2) is 0 Å². The molecule has 2 aliphatic rings. The number of rotatable bonds is 6. The molecule has 3 heterocycles. The van der Waals surface area contributed by atoms with Crippen molar-refractivity contribution in [3.63, 3.8) is 0 Å². The fourth-order valence-corrected chi connectivity index (χ4v) is 3.61. The van der Waals surface area contributed by atoms with Crippen molar-refractivity contribution in [3.05, 3.63) is 18.2 Å². The van der Waals surface area contributed by atoms with Crippen molar-refractivity contribution in [2.24, 2.45) is 0 Å². The summed E-state index contributed by atoms with van der Waals surface area (Å²) in [4.78, 5) is 20.8. The summed E-state index contributed by atoms with van der Waals surface area (Å²) in [6.07, 6.45) is 5.67. The number of hydrogen-bond acceptors (Lipinski definition) is 5. The molecule has 134 valence electrons. The second kappa shape index (κ2) is 7.63. The third kappa shape index (κ3) is 4.15. The molecule has 0 spiro atoms. The van der Waals surface area contributed by atoms with Crippen LogP contribution in [0.25, 0.3) is 0 Å². The van der Waals surface area contributed by atoms with Crippen LogP contribution in [-0.4, -0.2) is 81.9 Å². The highest BCUT2D eigenvalue weighted by Crippen LogP contribution is 2.23. The molecule has 1 aromatic rings. The minimum absolute atomic E-state index is 0.114. The van der Waals surface area contributed by atoms with Gasteiger partial charge >= 0.3 is 0 Å². The van der Waals surface area contributed by atoms with Crippen molar-refractivity contribution < 1.29 is 14.6 Å². The van der Waals surface area contributed by atoms with Crippen LogP contribution in [0.4, 0.5) is 0 Å². The van der Waals surface area contributed by atoms with E-state index in [1.807, 2.05) is 15.7 Å². The van der Waals surface area contributed by atoms with Gasteiger partial charge in [0.1, 0.15) is 5.82 Å². The van der Waals surface area contributed by atoms with Crippen LogP contribution in [0.3, 0.4) is 0 Å². The van der Waals surface area contributed by atoms with Crippen LogP contribution in [0.2, 0.25) is 0 Å². The molecule has 0 radical (unpaired) electrons. The number of aliphatic hydroxyl groups is 1. The van der Waals surface area contributed by atoms with E-state index in [1.165, 1.54) is 0 Å². The Balaban J connectivity index is 1.48. The van der Waals surface area contributed by atoms with Crippen molar-refractivity contribution in [2.45, 2.75) is 38.3 Å². The Morgan fingerprint density at radius 3 is 2.92 bits per heavy atom. The van der Waals surface area contributed by atoms with Gasteiger partial charge in [0.05, 0.1) is 25.4 Å². The number of carbonyl (C=O) groups excluding carboxylic acids is 1. The molecule has 3 rings (SSSR count). The predicted octanol–water partition coefficient (Wildman–Crippen LogP) is 0.131. The van der Waals surface area contributed by atoms with Gasteiger partial charge < -0.3 is 19.3 Å². The number of aryl methyl sites for hydroxylation is 2. The van der Waals surface area contributed by atoms with Gasteiger partial charge in [-0.25, -0.2) is 4.98 Å². The average Bonchev–Trinajstić information content (AvgIpc) is 3.20. The Hall–Kier alpha value is -1.44. The molecule has 24 heavy (non-hydrogen) atoms. The number of nitrogens with zero attached hydrogens (tertiary/aromatic N) is 4. The molecule has 1 aromatic heterocycles. The van der Waals surface area contributed by atoms with Gasteiger partial charge in [-0.15, -0.1) is 0 Å². The van der Waals surface area contributed by atoms with Gasteiger partial charge in [-0.3, -0.25) is 9.69 Å². The number of amides is 1. The summed E-state index contributed by atoms with van der Waals surface area (Å²) in [6, 6.07) is 0. The molecule has 2 fully saturated rings. The van der Waals surface area contributed by atoms with Crippen LogP contribution in [0.5, 0.6) is 0 Å². The SMILES string of the molecule is CCc1nccn1CCC(=O)N1CC[C@](O)(CN2CCOCC2)C1. The molecule has 2 saturated heterocycles. The highest BCUT2D eigenvalue weighted by atomic mass is 16.5. The maximum atomic E-state index is 12.5. The topological polar surface area (TPSA) is 70.8 Å². The fourth-order valence-electron chi connectivity index (χ4n) is 3.61. The van der Waals surface area contributed by atoms with Crippen molar-refractivity contribution in [1.29, 1.82) is 0 Å². The van der Waals surface area contributed by atoms with Gasteiger partial charge in [-0.05, 0) is 6.42 Å². The molecule has 0 bridgehead atoms. The summed E-state index contributed by atoms with van der Waals surface area (Å²) >= 11 is 0. The number of hydrogen-bond donors (Lipinski definition) is 1. The Bertz CT molecular complexity index is 556. The number of likely N-dealkylation sites (tertiary alicyclic amines) is 1. The number of ether oxygens (including phenoxy) is 1. The fraction of sp³-hybridized carbons (Fsp3) is 0.765. The lowest BCUT2D eigenvalue weighted by Gasteiger charge is -2.33. The first kappa shape index (κ1) is 17.4. The van der Waals surface area contributed by atoms with Gasteiger partial charge in [0, 0.05) is 58.0 Å². The van der Waals surface area contributed by atoms with E-state index < -0.39 is 5.60 Å². The average molecular weight is 336 g/mol. The number of carbonyl (C=O) groups is 1. The van der Waals surface area contributed by atoms with Crippen molar-refractivity contribution in [2.75, 3.05) is 45.9 Å². The van der Waals surface area contributed by atoms with Crippen LogP contribution in [0.15, 0.2) is 12.4 Å². The number of aromatic nitrogens is 2. The molecule has 2 aliphatic heterocycles. The summed E-state index contributed by atoms with van der Waals surface area (Å²) in [7, 11) is 0. The second-order valence-electron chi connectivity index (χ2n) is 6.82. The molecule has 0 saturated carbocycles. The van der Waals surface area contributed by atoms with E-state index in [2.05, 4.69) is 16.8 Å². The Kier molecular flexibility index (Phi) is 5.53. The molecule has 1 atom stereocenters. The van der Waals surface area contributed by atoms with Gasteiger partial charge in [0.25, 0.3) is 0 Å². The number of morpholine rings is 1. The third-order valence-electron chi connectivity index (χ3n) is 4.99. The van der Waals surface area contributed by atoms with Crippen molar-refractivity contribution >= 4 is 5.91 Å². The van der Waals surface area contributed by atoms with Crippen LogP contribution < -0.4 is 0 Å². The van der Waals surface area contributed by atoms with E-state index in [0.717, 1.165) is 38.5 Å². The van der Waals surface area contributed by atoms with E-state index in [9.17, 15) is 9.90 Å². The zero-order valence-corrected chi connectivity index (χ0v) is 14.5. The van der Waals surface area contributed by atoms with E-state index in [4.69, 9.17) is 4.74 Å². The predicted molar refractivity (Wildman–Crippen MR) is 89.6 cm³/mol. The highest BCUT2D eigenvalue weighted by molar-refractivity contribution is 5.76. The van der Waals surface area contributed by atoms with Gasteiger partial charge in [-0.1, -0.05) is 6.92 Å². The molecule has 7 heteroatoms. The molecule has 7 nitrogen and oxygen atoms in total. The molecular formula is C17H28N4O3.